The zero-order valence-corrected chi connectivity index (χ0v) is 7.53. The van der Waals surface area contributed by atoms with E-state index in [0.29, 0.717) is 0 Å². The molecule has 0 bridgehead atoms. The minimum absolute atomic E-state index is 0.250. The van der Waals surface area contributed by atoms with Gasteiger partial charge in [0.15, 0.2) is 0 Å². The lowest BCUT2D eigenvalue weighted by molar-refractivity contribution is 0.166. The van der Waals surface area contributed by atoms with E-state index < -0.39 is 0 Å². The molecule has 2 nitrogen and oxygen atoms in total. The summed E-state index contributed by atoms with van der Waals surface area (Å²) >= 11 is 0. The van der Waals surface area contributed by atoms with Crippen molar-refractivity contribution in [2.75, 3.05) is 0 Å². The van der Waals surface area contributed by atoms with Crippen LogP contribution in [0, 0.1) is 0 Å². The molecular formula is C11H14O2. The van der Waals surface area contributed by atoms with E-state index in [4.69, 9.17) is 0 Å². The van der Waals surface area contributed by atoms with E-state index in [-0.39, 0.29) is 11.9 Å². The van der Waals surface area contributed by atoms with E-state index in [1.807, 2.05) is 6.07 Å². The Morgan fingerprint density at radius 2 is 2.08 bits per heavy atom. The summed E-state index contributed by atoms with van der Waals surface area (Å²) in [7, 11) is 0. The van der Waals surface area contributed by atoms with E-state index in [1.165, 1.54) is 5.56 Å². The van der Waals surface area contributed by atoms with Crippen LogP contribution in [0.2, 0.25) is 0 Å². The van der Waals surface area contributed by atoms with Crippen LogP contribution in [-0.4, -0.2) is 10.2 Å². The normalized spacial score (nSPS) is 22.1. The van der Waals surface area contributed by atoms with Gasteiger partial charge in [-0.2, -0.15) is 0 Å². The van der Waals surface area contributed by atoms with E-state index in [2.05, 4.69) is 0 Å². The molecule has 2 rings (SSSR count). The summed E-state index contributed by atoms with van der Waals surface area (Å²) in [5.41, 5.74) is 2.10. The molecule has 2 N–H and O–H groups in total. The van der Waals surface area contributed by atoms with Gasteiger partial charge >= 0.3 is 0 Å². The molecule has 1 aliphatic carbocycles. The highest BCUT2D eigenvalue weighted by molar-refractivity contribution is 5.36. The third-order valence-electron chi connectivity index (χ3n) is 2.66. The lowest BCUT2D eigenvalue weighted by atomic mass is 10.0. The highest BCUT2D eigenvalue weighted by Gasteiger charge is 2.16. The Morgan fingerprint density at radius 3 is 2.92 bits per heavy atom. The fourth-order valence-electron chi connectivity index (χ4n) is 1.93. The molecule has 1 aliphatic rings. The Kier molecular flexibility index (Phi) is 2.23. The molecule has 0 radical (unpaired) electrons. The number of rotatable bonds is 0. The standard InChI is InChI=1S/C11H14O2/c12-9-6-5-8-3-1-2-4-11(13)10(8)7-9/h5-7,11-13H,1-4H2/t11-/m0/s1. The fraction of sp³-hybridized carbons (Fsp3) is 0.455. The summed E-state index contributed by atoms with van der Waals surface area (Å²) in [6.45, 7) is 0. The van der Waals surface area contributed by atoms with Gasteiger partial charge in [-0.1, -0.05) is 12.5 Å². The summed E-state index contributed by atoms with van der Waals surface area (Å²) in [4.78, 5) is 0. The smallest absolute Gasteiger partial charge is 0.115 e. The molecule has 0 spiro atoms. The SMILES string of the molecule is Oc1ccc2c(c1)[C@@H](O)CCCC2. The van der Waals surface area contributed by atoms with Gasteiger partial charge in [-0.15, -0.1) is 0 Å². The maximum Gasteiger partial charge on any atom is 0.115 e. The number of aliphatic hydroxyl groups excluding tert-OH is 1. The summed E-state index contributed by atoms with van der Waals surface area (Å²) in [6.07, 6.45) is 3.65. The second-order valence-electron chi connectivity index (χ2n) is 3.64. The van der Waals surface area contributed by atoms with Crippen LogP contribution in [0.15, 0.2) is 18.2 Å². The second-order valence-corrected chi connectivity index (χ2v) is 3.64. The summed E-state index contributed by atoms with van der Waals surface area (Å²) in [5, 5.41) is 19.0. The number of hydrogen-bond donors (Lipinski definition) is 2. The molecule has 0 saturated heterocycles. The number of hydrogen-bond acceptors (Lipinski definition) is 2. The first-order chi connectivity index (χ1) is 6.27. The van der Waals surface area contributed by atoms with E-state index in [1.54, 1.807) is 12.1 Å². The van der Waals surface area contributed by atoms with E-state index in [9.17, 15) is 10.2 Å². The molecule has 2 heteroatoms. The van der Waals surface area contributed by atoms with Crippen LogP contribution in [0.5, 0.6) is 5.75 Å². The molecule has 0 saturated carbocycles. The topological polar surface area (TPSA) is 40.5 Å². The first-order valence-corrected chi connectivity index (χ1v) is 4.77. The van der Waals surface area contributed by atoms with Crippen LogP contribution < -0.4 is 0 Å². The second kappa shape index (κ2) is 3.38. The van der Waals surface area contributed by atoms with Crippen LogP contribution in [0.1, 0.15) is 36.5 Å². The number of aryl methyl sites for hydroxylation is 1. The van der Waals surface area contributed by atoms with Crippen LogP contribution >= 0.6 is 0 Å². The molecule has 1 aromatic carbocycles. The average Bonchev–Trinajstić information content (AvgIpc) is 2.29. The van der Waals surface area contributed by atoms with Gasteiger partial charge in [-0.25, -0.2) is 0 Å². The Labute approximate surface area is 77.8 Å². The lowest BCUT2D eigenvalue weighted by Crippen LogP contribution is -1.97. The minimum Gasteiger partial charge on any atom is -0.508 e. The summed E-state index contributed by atoms with van der Waals surface area (Å²) < 4.78 is 0. The Balaban J connectivity index is 2.43. The average molecular weight is 178 g/mol. The van der Waals surface area contributed by atoms with Gasteiger partial charge in [0, 0.05) is 0 Å². The number of phenols is 1. The lowest BCUT2D eigenvalue weighted by Gasteiger charge is -2.11. The van der Waals surface area contributed by atoms with Gasteiger partial charge in [0.25, 0.3) is 0 Å². The van der Waals surface area contributed by atoms with Gasteiger partial charge in [0.2, 0.25) is 0 Å². The Bertz CT molecular complexity index is 307. The van der Waals surface area contributed by atoms with Gasteiger partial charge in [0.05, 0.1) is 6.10 Å². The number of phenolic OH excluding ortho intramolecular Hbond substituents is 1. The Morgan fingerprint density at radius 1 is 1.23 bits per heavy atom. The van der Waals surface area contributed by atoms with Crippen molar-refractivity contribution in [2.45, 2.75) is 31.8 Å². The van der Waals surface area contributed by atoms with Crippen molar-refractivity contribution in [1.29, 1.82) is 0 Å². The molecule has 0 amide bonds. The third-order valence-corrected chi connectivity index (χ3v) is 2.66. The number of fused-ring (bicyclic) bond motifs is 1. The highest BCUT2D eigenvalue weighted by Crippen LogP contribution is 2.30. The molecule has 1 aromatic rings. The summed E-state index contributed by atoms with van der Waals surface area (Å²) in [5.74, 6) is 0.250. The molecule has 13 heavy (non-hydrogen) atoms. The predicted molar refractivity (Wildman–Crippen MR) is 50.6 cm³/mol. The van der Waals surface area contributed by atoms with Gasteiger partial charge in [0.1, 0.15) is 5.75 Å². The van der Waals surface area contributed by atoms with Crippen molar-refractivity contribution in [2.24, 2.45) is 0 Å². The fourth-order valence-corrected chi connectivity index (χ4v) is 1.93. The van der Waals surface area contributed by atoms with Crippen LogP contribution in [0.25, 0.3) is 0 Å². The number of aromatic hydroxyl groups is 1. The van der Waals surface area contributed by atoms with E-state index in [0.717, 1.165) is 31.2 Å². The highest BCUT2D eigenvalue weighted by atomic mass is 16.3. The number of benzene rings is 1. The molecular weight excluding hydrogens is 164 g/mol. The first kappa shape index (κ1) is 8.57. The molecule has 0 aromatic heterocycles. The zero-order valence-electron chi connectivity index (χ0n) is 7.53. The molecule has 70 valence electrons. The quantitative estimate of drug-likeness (QED) is 0.597. The zero-order chi connectivity index (χ0) is 9.26. The molecule has 1 atom stereocenters. The van der Waals surface area contributed by atoms with Crippen LogP contribution in [0.3, 0.4) is 0 Å². The largest absolute Gasteiger partial charge is 0.508 e. The van der Waals surface area contributed by atoms with Crippen molar-refractivity contribution in [3.63, 3.8) is 0 Å². The van der Waals surface area contributed by atoms with Crippen molar-refractivity contribution >= 4 is 0 Å². The maximum atomic E-state index is 9.75. The van der Waals surface area contributed by atoms with Crippen molar-refractivity contribution in [1.82, 2.24) is 0 Å². The Hall–Kier alpha value is -1.02. The number of aliphatic hydroxyl groups is 1. The maximum absolute atomic E-state index is 9.75. The molecule has 0 heterocycles. The van der Waals surface area contributed by atoms with Crippen molar-refractivity contribution in [3.8, 4) is 5.75 Å². The van der Waals surface area contributed by atoms with Gasteiger partial charge < -0.3 is 10.2 Å². The predicted octanol–water partition coefficient (Wildman–Crippen LogP) is 2.15. The summed E-state index contributed by atoms with van der Waals surface area (Å²) in [6, 6.07) is 5.29. The van der Waals surface area contributed by atoms with Crippen LogP contribution in [-0.2, 0) is 6.42 Å². The first-order valence-electron chi connectivity index (χ1n) is 4.77. The minimum atomic E-state index is -0.385. The molecule has 0 fully saturated rings. The van der Waals surface area contributed by atoms with Crippen LogP contribution in [0.4, 0.5) is 0 Å². The third kappa shape index (κ3) is 1.68. The van der Waals surface area contributed by atoms with Gasteiger partial charge in [-0.3, -0.25) is 0 Å². The van der Waals surface area contributed by atoms with Gasteiger partial charge in [-0.05, 0) is 42.5 Å². The monoisotopic (exact) mass is 178 g/mol. The molecule has 0 unspecified atom stereocenters. The van der Waals surface area contributed by atoms with Crippen molar-refractivity contribution in [3.05, 3.63) is 29.3 Å². The molecule has 0 aliphatic heterocycles. The van der Waals surface area contributed by atoms with E-state index >= 15 is 0 Å². The van der Waals surface area contributed by atoms with Crippen molar-refractivity contribution < 1.29 is 10.2 Å².